The predicted octanol–water partition coefficient (Wildman–Crippen LogP) is 1.58. The molecule has 1 aromatic heterocycles. The van der Waals surface area contributed by atoms with E-state index in [0.29, 0.717) is 11.8 Å². The summed E-state index contributed by atoms with van der Waals surface area (Å²) in [5.74, 6) is 1.13. The van der Waals surface area contributed by atoms with E-state index in [0.717, 1.165) is 30.5 Å². The SMILES string of the molecule is COc1nc(NCC2=CCNCC2)ncc1Br. The molecule has 2 rings (SSSR count). The standard InChI is InChI=1S/C11H15BrN4O/c1-17-10-9(12)7-15-11(16-10)14-6-8-2-4-13-5-3-8/h2,7,13H,3-6H2,1H3,(H,14,15,16). The summed E-state index contributed by atoms with van der Waals surface area (Å²) in [5, 5.41) is 6.47. The number of nitrogens with zero attached hydrogens (tertiary/aromatic N) is 2. The molecule has 0 unspecified atom stereocenters. The average molecular weight is 299 g/mol. The van der Waals surface area contributed by atoms with Crippen LogP contribution in [-0.4, -0.2) is 36.7 Å². The first-order chi connectivity index (χ1) is 8.29. The Labute approximate surface area is 109 Å². The van der Waals surface area contributed by atoms with Crippen molar-refractivity contribution in [1.29, 1.82) is 0 Å². The van der Waals surface area contributed by atoms with Gasteiger partial charge in [-0.25, -0.2) is 4.98 Å². The molecule has 17 heavy (non-hydrogen) atoms. The quantitative estimate of drug-likeness (QED) is 0.827. The summed E-state index contributed by atoms with van der Waals surface area (Å²) in [5.41, 5.74) is 1.38. The monoisotopic (exact) mass is 298 g/mol. The normalized spacial score (nSPS) is 15.3. The van der Waals surface area contributed by atoms with Crippen LogP contribution in [-0.2, 0) is 0 Å². The first-order valence-corrected chi connectivity index (χ1v) is 6.28. The smallest absolute Gasteiger partial charge is 0.232 e. The predicted molar refractivity (Wildman–Crippen MR) is 70.3 cm³/mol. The fourth-order valence-corrected chi connectivity index (χ4v) is 1.96. The largest absolute Gasteiger partial charge is 0.480 e. The van der Waals surface area contributed by atoms with Gasteiger partial charge in [0.25, 0.3) is 0 Å². The third-order valence-electron chi connectivity index (χ3n) is 2.54. The summed E-state index contributed by atoms with van der Waals surface area (Å²) >= 11 is 3.32. The first kappa shape index (κ1) is 12.3. The van der Waals surface area contributed by atoms with E-state index in [1.807, 2.05) is 0 Å². The van der Waals surface area contributed by atoms with Gasteiger partial charge in [0.15, 0.2) is 0 Å². The van der Waals surface area contributed by atoms with Gasteiger partial charge in [-0.05, 0) is 28.9 Å². The zero-order valence-corrected chi connectivity index (χ0v) is 11.2. The minimum Gasteiger partial charge on any atom is -0.480 e. The second-order valence-corrected chi connectivity index (χ2v) is 4.58. The lowest BCUT2D eigenvalue weighted by Gasteiger charge is -2.14. The lowest BCUT2D eigenvalue weighted by Crippen LogP contribution is -2.23. The Morgan fingerprint density at radius 2 is 2.47 bits per heavy atom. The van der Waals surface area contributed by atoms with Crippen LogP contribution in [0.3, 0.4) is 0 Å². The molecule has 0 saturated heterocycles. The molecule has 1 aromatic rings. The maximum atomic E-state index is 5.11. The molecule has 0 fully saturated rings. The Hall–Kier alpha value is -1.14. The number of hydrogen-bond acceptors (Lipinski definition) is 5. The summed E-state index contributed by atoms with van der Waals surface area (Å²) in [6, 6.07) is 0. The van der Waals surface area contributed by atoms with Crippen molar-refractivity contribution >= 4 is 21.9 Å². The van der Waals surface area contributed by atoms with Gasteiger partial charge in [0.1, 0.15) is 0 Å². The second-order valence-electron chi connectivity index (χ2n) is 3.72. The Morgan fingerprint density at radius 1 is 1.59 bits per heavy atom. The Kier molecular flexibility index (Phi) is 4.33. The van der Waals surface area contributed by atoms with Crippen molar-refractivity contribution in [2.75, 3.05) is 32.1 Å². The van der Waals surface area contributed by atoms with Gasteiger partial charge in [-0.3, -0.25) is 0 Å². The molecule has 2 N–H and O–H groups in total. The summed E-state index contributed by atoms with van der Waals surface area (Å²) in [6.45, 7) is 2.77. The van der Waals surface area contributed by atoms with Crippen molar-refractivity contribution in [2.24, 2.45) is 0 Å². The van der Waals surface area contributed by atoms with Crippen LogP contribution in [0, 0.1) is 0 Å². The summed E-state index contributed by atoms with van der Waals surface area (Å²) in [4.78, 5) is 8.42. The summed E-state index contributed by atoms with van der Waals surface area (Å²) in [6.07, 6.45) is 4.96. The molecule has 0 saturated carbocycles. The molecule has 0 radical (unpaired) electrons. The van der Waals surface area contributed by atoms with Gasteiger partial charge in [-0.1, -0.05) is 11.6 Å². The van der Waals surface area contributed by atoms with Crippen LogP contribution in [0.1, 0.15) is 6.42 Å². The molecular weight excluding hydrogens is 284 g/mol. The van der Waals surface area contributed by atoms with Crippen LogP contribution in [0.5, 0.6) is 5.88 Å². The molecule has 2 heterocycles. The highest BCUT2D eigenvalue weighted by Gasteiger charge is 2.06. The van der Waals surface area contributed by atoms with Gasteiger partial charge in [0.2, 0.25) is 11.8 Å². The first-order valence-electron chi connectivity index (χ1n) is 5.48. The Balaban J connectivity index is 1.96. The van der Waals surface area contributed by atoms with Gasteiger partial charge in [-0.15, -0.1) is 0 Å². The summed E-state index contributed by atoms with van der Waals surface area (Å²) < 4.78 is 5.87. The van der Waals surface area contributed by atoms with E-state index in [4.69, 9.17) is 4.74 Å². The van der Waals surface area contributed by atoms with Crippen molar-refractivity contribution in [3.8, 4) is 5.88 Å². The van der Waals surface area contributed by atoms with E-state index in [1.165, 1.54) is 5.57 Å². The van der Waals surface area contributed by atoms with Crippen molar-refractivity contribution in [1.82, 2.24) is 15.3 Å². The van der Waals surface area contributed by atoms with Crippen LogP contribution < -0.4 is 15.4 Å². The van der Waals surface area contributed by atoms with Crippen LogP contribution >= 0.6 is 15.9 Å². The lowest BCUT2D eigenvalue weighted by molar-refractivity contribution is 0.394. The Bertz CT molecular complexity index is 422. The molecule has 0 atom stereocenters. The molecular formula is C11H15BrN4O. The van der Waals surface area contributed by atoms with Crippen molar-refractivity contribution in [3.05, 3.63) is 22.3 Å². The number of nitrogens with one attached hydrogen (secondary N) is 2. The van der Waals surface area contributed by atoms with E-state index in [-0.39, 0.29) is 0 Å². The van der Waals surface area contributed by atoms with Gasteiger partial charge in [0, 0.05) is 13.1 Å². The van der Waals surface area contributed by atoms with Crippen molar-refractivity contribution in [3.63, 3.8) is 0 Å². The molecule has 0 aromatic carbocycles. The molecule has 1 aliphatic rings. The van der Waals surface area contributed by atoms with Crippen molar-refractivity contribution in [2.45, 2.75) is 6.42 Å². The number of methoxy groups -OCH3 is 1. The van der Waals surface area contributed by atoms with Gasteiger partial charge in [0.05, 0.1) is 17.8 Å². The molecule has 1 aliphatic heterocycles. The third kappa shape index (κ3) is 3.41. The fraction of sp³-hybridized carbons (Fsp3) is 0.455. The van der Waals surface area contributed by atoms with Gasteiger partial charge >= 0.3 is 0 Å². The topological polar surface area (TPSA) is 59.1 Å². The number of rotatable bonds is 4. The van der Waals surface area contributed by atoms with Gasteiger partial charge < -0.3 is 15.4 Å². The van der Waals surface area contributed by atoms with Crippen LogP contribution in [0.2, 0.25) is 0 Å². The fourth-order valence-electron chi connectivity index (χ4n) is 1.60. The zero-order chi connectivity index (χ0) is 12.1. The molecule has 92 valence electrons. The minimum absolute atomic E-state index is 0.543. The number of aromatic nitrogens is 2. The maximum Gasteiger partial charge on any atom is 0.232 e. The minimum atomic E-state index is 0.543. The molecule has 0 amide bonds. The molecule has 0 spiro atoms. The number of hydrogen-bond donors (Lipinski definition) is 2. The number of halogens is 1. The van der Waals surface area contributed by atoms with Crippen LogP contribution in [0.15, 0.2) is 22.3 Å². The van der Waals surface area contributed by atoms with E-state index in [2.05, 4.69) is 42.6 Å². The second kappa shape index (κ2) is 5.97. The Morgan fingerprint density at radius 3 is 3.18 bits per heavy atom. The van der Waals surface area contributed by atoms with E-state index < -0.39 is 0 Å². The lowest BCUT2D eigenvalue weighted by atomic mass is 10.1. The number of anilines is 1. The third-order valence-corrected chi connectivity index (χ3v) is 3.08. The highest BCUT2D eigenvalue weighted by Crippen LogP contribution is 2.21. The van der Waals surface area contributed by atoms with E-state index >= 15 is 0 Å². The summed E-state index contributed by atoms with van der Waals surface area (Å²) in [7, 11) is 1.59. The van der Waals surface area contributed by atoms with E-state index in [1.54, 1.807) is 13.3 Å². The average Bonchev–Trinajstić information content (AvgIpc) is 2.39. The highest BCUT2D eigenvalue weighted by molar-refractivity contribution is 9.10. The van der Waals surface area contributed by atoms with Gasteiger partial charge in [-0.2, -0.15) is 4.98 Å². The van der Waals surface area contributed by atoms with E-state index in [9.17, 15) is 0 Å². The van der Waals surface area contributed by atoms with Crippen LogP contribution in [0.25, 0.3) is 0 Å². The molecule has 5 nitrogen and oxygen atoms in total. The van der Waals surface area contributed by atoms with Crippen molar-refractivity contribution < 1.29 is 4.74 Å². The highest BCUT2D eigenvalue weighted by atomic mass is 79.9. The number of ether oxygens (including phenoxy) is 1. The van der Waals surface area contributed by atoms with Crippen LogP contribution in [0.4, 0.5) is 5.95 Å². The molecule has 0 bridgehead atoms. The maximum absolute atomic E-state index is 5.11. The molecule has 0 aliphatic carbocycles. The zero-order valence-electron chi connectivity index (χ0n) is 9.66. The molecule has 6 heteroatoms.